The van der Waals surface area contributed by atoms with Crippen molar-refractivity contribution in [2.45, 2.75) is 13.5 Å². The van der Waals surface area contributed by atoms with Crippen LogP contribution in [0.25, 0.3) is 6.08 Å². The van der Waals surface area contributed by atoms with Gasteiger partial charge in [0.1, 0.15) is 17.9 Å². The zero-order chi connectivity index (χ0) is 20.1. The van der Waals surface area contributed by atoms with Gasteiger partial charge in [-0.05, 0) is 54.0 Å². The SMILES string of the molecule is C=CCN1C(=O)C(=Cc2ccc(OCc3ccccc3)cc2C)C(=O)NC1=S. The predicted octanol–water partition coefficient (Wildman–Crippen LogP) is 3.39. The van der Waals surface area contributed by atoms with Crippen molar-refractivity contribution in [1.29, 1.82) is 0 Å². The molecule has 6 heteroatoms. The minimum Gasteiger partial charge on any atom is -0.489 e. The van der Waals surface area contributed by atoms with E-state index in [4.69, 9.17) is 17.0 Å². The Hall–Kier alpha value is -3.25. The topological polar surface area (TPSA) is 58.6 Å². The lowest BCUT2D eigenvalue weighted by Gasteiger charge is -2.27. The molecule has 1 aliphatic heterocycles. The summed E-state index contributed by atoms with van der Waals surface area (Å²) < 4.78 is 5.82. The van der Waals surface area contributed by atoms with E-state index >= 15 is 0 Å². The van der Waals surface area contributed by atoms with Crippen LogP contribution in [0.1, 0.15) is 16.7 Å². The number of hydrogen-bond acceptors (Lipinski definition) is 4. The van der Waals surface area contributed by atoms with Crippen molar-refractivity contribution >= 4 is 35.2 Å². The second-order valence-electron chi connectivity index (χ2n) is 6.31. The average Bonchev–Trinajstić information content (AvgIpc) is 2.69. The molecule has 1 fully saturated rings. The molecule has 2 aromatic carbocycles. The predicted molar refractivity (Wildman–Crippen MR) is 113 cm³/mol. The fourth-order valence-electron chi connectivity index (χ4n) is 2.79. The lowest BCUT2D eigenvalue weighted by Crippen LogP contribution is -2.53. The Bertz CT molecular complexity index is 967. The first-order chi connectivity index (χ1) is 13.5. The second kappa shape index (κ2) is 8.63. The van der Waals surface area contributed by atoms with E-state index < -0.39 is 11.8 Å². The van der Waals surface area contributed by atoms with Crippen molar-refractivity contribution in [3.63, 3.8) is 0 Å². The average molecular weight is 392 g/mol. The molecule has 0 aromatic heterocycles. The van der Waals surface area contributed by atoms with E-state index in [2.05, 4.69) is 11.9 Å². The third kappa shape index (κ3) is 4.35. The van der Waals surface area contributed by atoms with Crippen LogP contribution in [-0.2, 0) is 16.2 Å². The number of carbonyl (C=O) groups excluding carboxylic acids is 2. The quantitative estimate of drug-likeness (QED) is 0.354. The van der Waals surface area contributed by atoms with Gasteiger partial charge in [-0.2, -0.15) is 0 Å². The molecule has 1 heterocycles. The number of nitrogens with one attached hydrogen (secondary N) is 1. The maximum absolute atomic E-state index is 12.6. The molecule has 3 rings (SSSR count). The van der Waals surface area contributed by atoms with Crippen LogP contribution >= 0.6 is 12.2 Å². The highest BCUT2D eigenvalue weighted by Crippen LogP contribution is 2.22. The largest absolute Gasteiger partial charge is 0.489 e. The molecule has 2 aromatic rings. The maximum atomic E-state index is 12.6. The van der Waals surface area contributed by atoms with E-state index in [9.17, 15) is 9.59 Å². The highest BCUT2D eigenvalue weighted by Gasteiger charge is 2.32. The van der Waals surface area contributed by atoms with Gasteiger partial charge in [0.2, 0.25) is 0 Å². The van der Waals surface area contributed by atoms with E-state index in [0.717, 1.165) is 22.4 Å². The fourth-order valence-corrected chi connectivity index (χ4v) is 3.04. The van der Waals surface area contributed by atoms with Crippen molar-refractivity contribution in [2.75, 3.05) is 6.54 Å². The Morgan fingerprint density at radius 1 is 1.18 bits per heavy atom. The van der Waals surface area contributed by atoms with Crippen molar-refractivity contribution in [2.24, 2.45) is 0 Å². The molecule has 0 unspecified atom stereocenters. The van der Waals surface area contributed by atoms with Crippen LogP contribution in [0.15, 0.2) is 66.8 Å². The minimum atomic E-state index is -0.501. The van der Waals surface area contributed by atoms with Crippen LogP contribution in [0.5, 0.6) is 5.75 Å². The fraction of sp³-hybridized carbons (Fsp3) is 0.136. The normalized spacial score (nSPS) is 15.5. The Morgan fingerprint density at radius 2 is 1.93 bits per heavy atom. The number of rotatable bonds is 6. The van der Waals surface area contributed by atoms with Gasteiger partial charge in [-0.15, -0.1) is 6.58 Å². The molecule has 0 radical (unpaired) electrons. The lowest BCUT2D eigenvalue weighted by molar-refractivity contribution is -0.128. The summed E-state index contributed by atoms with van der Waals surface area (Å²) in [7, 11) is 0. The third-order valence-corrected chi connectivity index (χ3v) is 4.61. The number of thiocarbonyl (C=S) groups is 1. The van der Waals surface area contributed by atoms with Gasteiger partial charge in [-0.25, -0.2) is 0 Å². The lowest BCUT2D eigenvalue weighted by atomic mass is 10.0. The number of aryl methyl sites for hydroxylation is 1. The molecule has 0 aliphatic carbocycles. The molecule has 2 amide bonds. The molecular formula is C22H20N2O3S. The summed E-state index contributed by atoms with van der Waals surface area (Å²) in [6, 6.07) is 15.4. The Morgan fingerprint density at radius 3 is 2.61 bits per heavy atom. The van der Waals surface area contributed by atoms with E-state index in [-0.39, 0.29) is 17.2 Å². The number of amides is 2. The smallest absolute Gasteiger partial charge is 0.265 e. The first kappa shape index (κ1) is 19.5. The molecule has 1 aliphatic rings. The highest BCUT2D eigenvalue weighted by atomic mass is 32.1. The molecule has 0 saturated carbocycles. The van der Waals surface area contributed by atoms with Gasteiger partial charge in [-0.1, -0.05) is 42.5 Å². The monoisotopic (exact) mass is 392 g/mol. The zero-order valence-electron chi connectivity index (χ0n) is 15.5. The van der Waals surface area contributed by atoms with Gasteiger partial charge in [0.15, 0.2) is 5.11 Å². The van der Waals surface area contributed by atoms with Crippen LogP contribution in [0.2, 0.25) is 0 Å². The van der Waals surface area contributed by atoms with Gasteiger partial charge in [-0.3, -0.25) is 19.8 Å². The van der Waals surface area contributed by atoms with Crippen molar-refractivity contribution in [3.8, 4) is 5.75 Å². The van der Waals surface area contributed by atoms with Crippen LogP contribution in [0.4, 0.5) is 0 Å². The molecule has 28 heavy (non-hydrogen) atoms. The maximum Gasteiger partial charge on any atom is 0.265 e. The number of benzene rings is 2. The Balaban J connectivity index is 1.79. The van der Waals surface area contributed by atoms with E-state index in [1.54, 1.807) is 12.2 Å². The van der Waals surface area contributed by atoms with Gasteiger partial charge < -0.3 is 4.74 Å². The summed E-state index contributed by atoms with van der Waals surface area (Å²) in [6.07, 6.45) is 3.13. The first-order valence-corrected chi connectivity index (χ1v) is 9.17. The Kier molecular flexibility index (Phi) is 6.01. The Labute approximate surface area is 169 Å². The molecule has 142 valence electrons. The molecule has 1 saturated heterocycles. The van der Waals surface area contributed by atoms with Crippen LogP contribution in [-0.4, -0.2) is 28.4 Å². The highest BCUT2D eigenvalue weighted by molar-refractivity contribution is 7.80. The standard InChI is InChI=1S/C22H20N2O3S/c1-3-11-24-21(26)19(20(25)23-22(24)28)13-17-9-10-18(12-15(17)2)27-14-16-7-5-4-6-8-16/h3-10,12-13H,1,11,14H2,2H3,(H,23,25,28). The van der Waals surface area contributed by atoms with Gasteiger partial charge in [0.05, 0.1) is 0 Å². The van der Waals surface area contributed by atoms with E-state index in [1.807, 2.05) is 55.5 Å². The van der Waals surface area contributed by atoms with Crippen LogP contribution < -0.4 is 10.1 Å². The van der Waals surface area contributed by atoms with E-state index in [0.29, 0.717) is 6.61 Å². The number of carbonyl (C=O) groups is 2. The van der Waals surface area contributed by atoms with Crippen LogP contribution in [0, 0.1) is 6.92 Å². The van der Waals surface area contributed by atoms with Crippen molar-refractivity contribution < 1.29 is 14.3 Å². The summed E-state index contributed by atoms with van der Waals surface area (Å²) in [5, 5.41) is 2.63. The summed E-state index contributed by atoms with van der Waals surface area (Å²) in [4.78, 5) is 26.2. The number of nitrogens with zero attached hydrogens (tertiary/aromatic N) is 1. The van der Waals surface area contributed by atoms with Crippen molar-refractivity contribution in [1.82, 2.24) is 10.2 Å². The minimum absolute atomic E-state index is 0.0384. The molecular weight excluding hydrogens is 372 g/mol. The third-order valence-electron chi connectivity index (χ3n) is 4.29. The molecule has 5 nitrogen and oxygen atoms in total. The van der Waals surface area contributed by atoms with Gasteiger partial charge in [0, 0.05) is 6.54 Å². The summed E-state index contributed by atoms with van der Waals surface area (Å²) in [5.74, 6) is -0.214. The molecule has 0 atom stereocenters. The molecule has 0 bridgehead atoms. The molecule has 0 spiro atoms. The first-order valence-electron chi connectivity index (χ1n) is 8.76. The van der Waals surface area contributed by atoms with Gasteiger partial charge in [0.25, 0.3) is 11.8 Å². The molecule has 1 N–H and O–H groups in total. The number of hydrogen-bond donors (Lipinski definition) is 1. The van der Waals surface area contributed by atoms with E-state index in [1.165, 1.54) is 4.90 Å². The summed E-state index contributed by atoms with van der Waals surface area (Å²) in [6.45, 7) is 6.22. The number of ether oxygens (including phenoxy) is 1. The van der Waals surface area contributed by atoms with Crippen molar-refractivity contribution in [3.05, 3.63) is 83.4 Å². The summed E-state index contributed by atoms with van der Waals surface area (Å²) in [5.41, 5.74) is 2.77. The summed E-state index contributed by atoms with van der Waals surface area (Å²) >= 11 is 5.06. The van der Waals surface area contributed by atoms with Crippen LogP contribution in [0.3, 0.4) is 0 Å². The zero-order valence-corrected chi connectivity index (χ0v) is 16.3. The van der Waals surface area contributed by atoms with Gasteiger partial charge >= 0.3 is 0 Å². The second-order valence-corrected chi connectivity index (χ2v) is 6.70.